The Labute approximate surface area is 195 Å². The van der Waals surface area contributed by atoms with Crippen molar-refractivity contribution in [1.82, 2.24) is 9.78 Å². The number of nitriles is 1. The highest BCUT2D eigenvalue weighted by atomic mass is 35.5. The van der Waals surface area contributed by atoms with Crippen LogP contribution in [-0.4, -0.2) is 15.7 Å². The summed E-state index contributed by atoms with van der Waals surface area (Å²) in [5.74, 6) is -0.572. The molecule has 1 amide bonds. The molecule has 0 aliphatic heterocycles. The lowest BCUT2D eigenvalue weighted by Crippen LogP contribution is -2.13. The number of benzene rings is 3. The molecule has 1 aromatic heterocycles. The van der Waals surface area contributed by atoms with E-state index in [4.69, 9.17) is 28.3 Å². The summed E-state index contributed by atoms with van der Waals surface area (Å²) in [7, 11) is 0. The molecule has 5 nitrogen and oxygen atoms in total. The Kier molecular flexibility index (Phi) is 6.37. The van der Waals surface area contributed by atoms with Crippen molar-refractivity contribution in [2.45, 2.75) is 0 Å². The molecule has 0 spiro atoms. The summed E-state index contributed by atoms with van der Waals surface area (Å²) in [4.78, 5) is 12.8. The van der Waals surface area contributed by atoms with Crippen LogP contribution in [0.3, 0.4) is 0 Å². The van der Waals surface area contributed by atoms with Crippen molar-refractivity contribution in [2.24, 2.45) is 0 Å². The molecule has 1 N–H and O–H groups in total. The smallest absolute Gasteiger partial charge is 0.266 e. The number of rotatable bonds is 5. The van der Waals surface area contributed by atoms with Gasteiger partial charge in [0.05, 0.1) is 11.4 Å². The second-order valence-corrected chi connectivity index (χ2v) is 7.73. The zero-order valence-corrected chi connectivity index (χ0v) is 18.2. The molecule has 0 fully saturated rings. The van der Waals surface area contributed by atoms with Crippen LogP contribution >= 0.6 is 23.2 Å². The Morgan fingerprint density at radius 1 is 0.969 bits per heavy atom. The summed E-state index contributed by atoms with van der Waals surface area (Å²) in [5, 5.41) is 17.8. The quantitative estimate of drug-likeness (QED) is 0.278. The molecule has 0 bridgehead atoms. The van der Waals surface area contributed by atoms with E-state index in [2.05, 4.69) is 5.32 Å². The van der Waals surface area contributed by atoms with Gasteiger partial charge >= 0.3 is 0 Å². The molecule has 0 atom stereocenters. The maximum atomic E-state index is 12.8. The van der Waals surface area contributed by atoms with Gasteiger partial charge in [0.25, 0.3) is 5.91 Å². The van der Waals surface area contributed by atoms with Crippen molar-refractivity contribution in [2.75, 3.05) is 5.32 Å². The van der Waals surface area contributed by atoms with E-state index in [1.807, 2.05) is 66.7 Å². The predicted octanol–water partition coefficient (Wildman–Crippen LogP) is 6.39. The van der Waals surface area contributed by atoms with Gasteiger partial charge in [0.2, 0.25) is 0 Å². The van der Waals surface area contributed by atoms with Crippen LogP contribution in [-0.2, 0) is 4.79 Å². The molecule has 0 unspecified atom stereocenters. The van der Waals surface area contributed by atoms with Crippen LogP contribution in [0.25, 0.3) is 23.0 Å². The zero-order chi connectivity index (χ0) is 22.5. The lowest BCUT2D eigenvalue weighted by Gasteiger charge is -2.06. The number of nitrogens with zero attached hydrogens (tertiary/aromatic N) is 3. The molecule has 0 radical (unpaired) electrons. The minimum Gasteiger partial charge on any atom is -0.321 e. The van der Waals surface area contributed by atoms with Gasteiger partial charge in [-0.05, 0) is 36.4 Å². The largest absolute Gasteiger partial charge is 0.321 e. The molecule has 32 heavy (non-hydrogen) atoms. The van der Waals surface area contributed by atoms with E-state index >= 15 is 0 Å². The van der Waals surface area contributed by atoms with E-state index in [9.17, 15) is 10.1 Å². The van der Waals surface area contributed by atoms with Crippen molar-refractivity contribution in [1.29, 1.82) is 5.26 Å². The Hall–Kier alpha value is -3.85. The number of nitrogens with one attached hydrogen (secondary N) is 1. The van der Waals surface area contributed by atoms with Gasteiger partial charge in [-0.1, -0.05) is 71.7 Å². The summed E-state index contributed by atoms with van der Waals surface area (Å²) in [5.41, 5.74) is 3.34. The molecular weight excluding hydrogens is 443 g/mol. The fourth-order valence-corrected chi connectivity index (χ4v) is 3.68. The number of hydrogen-bond donors (Lipinski definition) is 1. The number of hydrogen-bond acceptors (Lipinski definition) is 3. The molecule has 7 heteroatoms. The molecule has 1 heterocycles. The van der Waals surface area contributed by atoms with E-state index in [0.29, 0.717) is 27.0 Å². The molecule has 0 aliphatic carbocycles. The van der Waals surface area contributed by atoms with Gasteiger partial charge in [0, 0.05) is 33.1 Å². The second-order valence-electron chi connectivity index (χ2n) is 6.86. The molecule has 4 rings (SSSR count). The van der Waals surface area contributed by atoms with E-state index in [0.717, 1.165) is 11.3 Å². The summed E-state index contributed by atoms with van der Waals surface area (Å²) < 4.78 is 1.72. The fourth-order valence-electron chi connectivity index (χ4n) is 3.15. The molecule has 0 saturated heterocycles. The summed E-state index contributed by atoms with van der Waals surface area (Å²) in [6.07, 6.45) is 3.31. The Balaban J connectivity index is 1.74. The number of halogens is 2. The highest BCUT2D eigenvalue weighted by Gasteiger charge is 2.15. The first-order valence-electron chi connectivity index (χ1n) is 9.63. The van der Waals surface area contributed by atoms with Gasteiger partial charge in [-0.2, -0.15) is 10.4 Å². The Bertz CT molecular complexity index is 1320. The van der Waals surface area contributed by atoms with Crippen LogP contribution in [0.15, 0.2) is 90.6 Å². The number of amides is 1. The van der Waals surface area contributed by atoms with Crippen molar-refractivity contribution < 1.29 is 4.79 Å². The zero-order valence-electron chi connectivity index (χ0n) is 16.7. The molecule has 0 saturated carbocycles. The first-order chi connectivity index (χ1) is 15.5. The van der Waals surface area contributed by atoms with Crippen molar-refractivity contribution in [3.05, 3.63) is 106 Å². The van der Waals surface area contributed by atoms with Crippen molar-refractivity contribution >= 4 is 40.9 Å². The van der Waals surface area contributed by atoms with E-state index in [1.165, 1.54) is 6.08 Å². The second kappa shape index (κ2) is 9.52. The topological polar surface area (TPSA) is 70.7 Å². The highest BCUT2D eigenvalue weighted by molar-refractivity contribution is 6.35. The number of aromatic nitrogens is 2. The van der Waals surface area contributed by atoms with E-state index in [-0.39, 0.29) is 5.57 Å². The van der Waals surface area contributed by atoms with Crippen molar-refractivity contribution in [3.8, 4) is 23.0 Å². The SMILES string of the molecule is N#CC(=Cc1cn(-c2ccccc2)nc1-c1ccccc1)C(=O)Nc1cc(Cl)cc(Cl)c1. The fraction of sp³-hybridized carbons (Fsp3) is 0. The average molecular weight is 459 g/mol. The van der Waals surface area contributed by atoms with Gasteiger partial charge in [0.1, 0.15) is 11.6 Å². The molecule has 4 aromatic rings. The van der Waals surface area contributed by atoms with Crippen LogP contribution in [0.1, 0.15) is 5.56 Å². The number of anilines is 1. The molecular formula is C25H16Cl2N4O. The van der Waals surface area contributed by atoms with Crippen LogP contribution in [0.4, 0.5) is 5.69 Å². The number of carbonyl (C=O) groups excluding carboxylic acids is 1. The minimum absolute atomic E-state index is 0.0779. The maximum Gasteiger partial charge on any atom is 0.266 e. The van der Waals surface area contributed by atoms with Crippen LogP contribution < -0.4 is 5.32 Å². The first-order valence-corrected chi connectivity index (χ1v) is 10.4. The van der Waals surface area contributed by atoms with Crippen LogP contribution in [0.2, 0.25) is 10.0 Å². The predicted molar refractivity (Wildman–Crippen MR) is 128 cm³/mol. The van der Waals surface area contributed by atoms with Gasteiger partial charge in [-0.15, -0.1) is 0 Å². The average Bonchev–Trinajstić information content (AvgIpc) is 3.22. The van der Waals surface area contributed by atoms with Crippen LogP contribution in [0.5, 0.6) is 0 Å². The van der Waals surface area contributed by atoms with Gasteiger partial charge < -0.3 is 5.32 Å². The summed E-state index contributed by atoms with van der Waals surface area (Å²) in [6, 6.07) is 25.8. The molecule has 3 aromatic carbocycles. The third kappa shape index (κ3) is 4.89. The number of carbonyl (C=O) groups is 1. The van der Waals surface area contributed by atoms with Crippen LogP contribution in [0, 0.1) is 11.3 Å². The van der Waals surface area contributed by atoms with E-state index < -0.39 is 5.91 Å². The third-order valence-electron chi connectivity index (χ3n) is 4.60. The van der Waals surface area contributed by atoms with Crippen molar-refractivity contribution in [3.63, 3.8) is 0 Å². The van der Waals surface area contributed by atoms with Gasteiger partial charge in [-0.25, -0.2) is 4.68 Å². The first kappa shape index (κ1) is 21.4. The monoisotopic (exact) mass is 458 g/mol. The highest BCUT2D eigenvalue weighted by Crippen LogP contribution is 2.27. The Morgan fingerprint density at radius 2 is 1.59 bits per heavy atom. The summed E-state index contributed by atoms with van der Waals surface area (Å²) >= 11 is 12.0. The Morgan fingerprint density at radius 3 is 2.22 bits per heavy atom. The minimum atomic E-state index is -0.572. The lowest BCUT2D eigenvalue weighted by atomic mass is 10.1. The summed E-state index contributed by atoms with van der Waals surface area (Å²) in [6.45, 7) is 0. The third-order valence-corrected chi connectivity index (χ3v) is 5.03. The molecule has 0 aliphatic rings. The lowest BCUT2D eigenvalue weighted by molar-refractivity contribution is -0.112. The van der Waals surface area contributed by atoms with Gasteiger partial charge in [0.15, 0.2) is 0 Å². The maximum absolute atomic E-state index is 12.8. The van der Waals surface area contributed by atoms with E-state index in [1.54, 1.807) is 29.1 Å². The normalized spacial score (nSPS) is 11.1. The molecule has 156 valence electrons. The van der Waals surface area contributed by atoms with Gasteiger partial charge in [-0.3, -0.25) is 4.79 Å². The standard InChI is InChI=1S/C25H16Cl2N4O/c26-20-12-21(27)14-22(13-20)29-25(32)18(15-28)11-19-16-31(23-9-5-2-6-10-23)30-24(19)17-7-3-1-4-8-17/h1-14,16H,(H,29,32). The number of para-hydroxylation sites is 1.